The Kier molecular flexibility index (Phi) is 11.2. The van der Waals surface area contributed by atoms with Crippen molar-refractivity contribution in [1.82, 2.24) is 16.1 Å². The summed E-state index contributed by atoms with van der Waals surface area (Å²) in [4.78, 5) is 25.2. The summed E-state index contributed by atoms with van der Waals surface area (Å²) >= 11 is 1.36. The monoisotopic (exact) mass is 593 g/mol. The van der Waals surface area contributed by atoms with Crippen molar-refractivity contribution in [3.05, 3.63) is 64.5 Å². The van der Waals surface area contributed by atoms with E-state index in [0.717, 1.165) is 84.9 Å². The molecule has 226 valence electrons. The van der Waals surface area contributed by atoms with E-state index in [1.165, 1.54) is 30.6 Å². The second-order valence-corrected chi connectivity index (χ2v) is 12.6. The van der Waals surface area contributed by atoms with Crippen LogP contribution in [-0.4, -0.2) is 41.9 Å². The van der Waals surface area contributed by atoms with Gasteiger partial charge in [0.05, 0.1) is 11.5 Å². The summed E-state index contributed by atoms with van der Waals surface area (Å²) in [6.45, 7) is 1.98. The first kappa shape index (κ1) is 30.5. The van der Waals surface area contributed by atoms with Crippen molar-refractivity contribution in [2.75, 3.05) is 6.61 Å². The topological polar surface area (TPSA) is 109 Å². The predicted molar refractivity (Wildman–Crippen MR) is 165 cm³/mol. The maximum atomic E-state index is 13.0. The zero-order valence-electron chi connectivity index (χ0n) is 24.2. The van der Waals surface area contributed by atoms with Crippen molar-refractivity contribution in [3.8, 4) is 5.75 Å². The second-order valence-electron chi connectivity index (χ2n) is 11.6. The van der Waals surface area contributed by atoms with E-state index in [4.69, 9.17) is 14.7 Å². The molecule has 2 aromatic carbocycles. The Bertz CT molecular complexity index is 1300. The molecule has 4 N–H and O–H groups in total. The Hall–Kier alpha value is -2.98. The minimum Gasteiger partial charge on any atom is -0.494 e. The molecule has 1 aromatic heterocycles. The number of carbonyl (C=O) groups is 2. The molecule has 0 saturated heterocycles. The van der Waals surface area contributed by atoms with Crippen LogP contribution in [0.5, 0.6) is 5.75 Å². The van der Waals surface area contributed by atoms with E-state index in [1.54, 1.807) is 11.5 Å². The normalized spacial score (nSPS) is 16.9. The number of hydroxylamine groups is 1. The average molecular weight is 594 g/mol. The molecule has 8 nitrogen and oxygen atoms in total. The highest BCUT2D eigenvalue weighted by molar-refractivity contribution is 7.20. The fourth-order valence-electron chi connectivity index (χ4n) is 5.96. The van der Waals surface area contributed by atoms with E-state index in [2.05, 4.69) is 28.8 Å². The first-order valence-electron chi connectivity index (χ1n) is 15.4. The first-order valence-corrected chi connectivity index (χ1v) is 16.2. The Labute approximate surface area is 252 Å². The molecule has 9 heteroatoms. The van der Waals surface area contributed by atoms with Crippen LogP contribution in [0.3, 0.4) is 0 Å². The molecule has 1 unspecified atom stereocenters. The summed E-state index contributed by atoms with van der Waals surface area (Å²) in [6.07, 6.45) is 11.9. The lowest BCUT2D eigenvalue weighted by atomic mass is 9.94. The van der Waals surface area contributed by atoms with Crippen LogP contribution in [0.1, 0.15) is 91.4 Å². The Balaban J connectivity index is 1.04. The molecule has 0 aliphatic heterocycles. The molecule has 42 heavy (non-hydrogen) atoms. The van der Waals surface area contributed by atoms with Gasteiger partial charge in [-0.1, -0.05) is 43.5 Å². The molecule has 2 fully saturated rings. The van der Waals surface area contributed by atoms with Gasteiger partial charge >= 0.3 is 5.97 Å². The minimum atomic E-state index is -0.488. The predicted octanol–water partition coefficient (Wildman–Crippen LogP) is 6.25. The number of benzene rings is 2. The van der Waals surface area contributed by atoms with Gasteiger partial charge in [-0.05, 0) is 92.1 Å². The van der Waals surface area contributed by atoms with Crippen LogP contribution in [-0.2, 0) is 22.6 Å². The number of nitrogens with one attached hydrogen (secondary N) is 3. The summed E-state index contributed by atoms with van der Waals surface area (Å²) in [6, 6.07) is 16.2. The number of carbonyl (C=O) groups excluding carboxylic acids is 2. The van der Waals surface area contributed by atoms with E-state index in [-0.39, 0.29) is 18.1 Å². The SMILES string of the molecule is O=C(NO)c1cc2ccc(CNCc3ccc(OCCCC(NC4CCCCC4)C(=O)OC4CCCC4)cc3)cc2s1. The van der Waals surface area contributed by atoms with Gasteiger partial charge in [-0.3, -0.25) is 14.8 Å². The fourth-order valence-corrected chi connectivity index (χ4v) is 6.98. The van der Waals surface area contributed by atoms with Crippen molar-refractivity contribution in [1.29, 1.82) is 0 Å². The quantitative estimate of drug-likeness (QED) is 0.0758. The van der Waals surface area contributed by atoms with Crippen molar-refractivity contribution in [2.45, 2.75) is 102 Å². The number of hydrogen-bond acceptors (Lipinski definition) is 8. The number of rotatable bonds is 14. The molecule has 3 aromatic rings. The highest BCUT2D eigenvalue weighted by Crippen LogP contribution is 2.27. The summed E-state index contributed by atoms with van der Waals surface area (Å²) in [5.74, 6) is 0.256. The first-order chi connectivity index (χ1) is 20.6. The van der Waals surface area contributed by atoms with Gasteiger partial charge in [0, 0.05) is 23.8 Å². The zero-order chi connectivity index (χ0) is 29.1. The number of thiophene rings is 1. The van der Waals surface area contributed by atoms with Crippen LogP contribution in [0.2, 0.25) is 0 Å². The molecule has 2 saturated carbocycles. The standard InChI is InChI=1S/C33H43N3O5S/c37-32(36-39)31-20-25-15-12-24(19-30(25)42-31)22-34-21-23-13-16-27(17-14-23)40-18-6-11-29(35-26-7-2-1-3-8-26)33(38)41-28-9-4-5-10-28/h12-17,19-20,26,28-29,34-35,39H,1-11,18,21-22H2,(H,36,37). The fraction of sp³-hybridized carbons (Fsp3) is 0.515. The van der Waals surface area contributed by atoms with Gasteiger partial charge in [-0.25, -0.2) is 5.48 Å². The molecule has 1 atom stereocenters. The van der Waals surface area contributed by atoms with E-state index in [1.807, 2.05) is 24.3 Å². The van der Waals surface area contributed by atoms with E-state index < -0.39 is 5.91 Å². The van der Waals surface area contributed by atoms with Gasteiger partial charge in [0.15, 0.2) is 0 Å². The third kappa shape index (κ3) is 8.77. The van der Waals surface area contributed by atoms with Crippen LogP contribution >= 0.6 is 11.3 Å². The van der Waals surface area contributed by atoms with Crippen LogP contribution in [0.4, 0.5) is 0 Å². The largest absolute Gasteiger partial charge is 0.494 e. The van der Waals surface area contributed by atoms with Crippen molar-refractivity contribution >= 4 is 33.3 Å². The summed E-state index contributed by atoms with van der Waals surface area (Å²) in [7, 11) is 0. The van der Waals surface area contributed by atoms with Crippen molar-refractivity contribution in [3.63, 3.8) is 0 Å². The summed E-state index contributed by atoms with van der Waals surface area (Å²) in [5, 5.41) is 16.9. The Morgan fingerprint density at radius 3 is 2.38 bits per heavy atom. The molecule has 1 amide bonds. The molecule has 2 aliphatic rings. The number of amides is 1. The van der Waals surface area contributed by atoms with Crippen LogP contribution in [0.15, 0.2) is 48.5 Å². The van der Waals surface area contributed by atoms with Gasteiger partial charge < -0.3 is 20.1 Å². The van der Waals surface area contributed by atoms with Crippen LogP contribution in [0, 0.1) is 0 Å². The van der Waals surface area contributed by atoms with E-state index >= 15 is 0 Å². The highest BCUT2D eigenvalue weighted by Gasteiger charge is 2.28. The lowest BCUT2D eigenvalue weighted by Crippen LogP contribution is -2.45. The van der Waals surface area contributed by atoms with Gasteiger partial charge in [0.25, 0.3) is 5.91 Å². The summed E-state index contributed by atoms with van der Waals surface area (Å²) < 4.78 is 12.9. The number of hydrogen-bond donors (Lipinski definition) is 4. The Morgan fingerprint density at radius 1 is 0.905 bits per heavy atom. The molecule has 0 radical (unpaired) electrons. The molecule has 0 spiro atoms. The molecular weight excluding hydrogens is 550 g/mol. The van der Waals surface area contributed by atoms with Crippen molar-refractivity contribution < 1.29 is 24.3 Å². The summed E-state index contributed by atoms with van der Waals surface area (Å²) in [5.41, 5.74) is 3.98. The Morgan fingerprint density at radius 2 is 1.62 bits per heavy atom. The maximum absolute atomic E-state index is 13.0. The lowest BCUT2D eigenvalue weighted by molar-refractivity contribution is -0.152. The number of fused-ring (bicyclic) bond motifs is 1. The van der Waals surface area contributed by atoms with Gasteiger partial charge in [0.2, 0.25) is 0 Å². The minimum absolute atomic E-state index is 0.0847. The van der Waals surface area contributed by atoms with Gasteiger partial charge in [-0.15, -0.1) is 11.3 Å². The molecule has 5 rings (SSSR count). The smallest absolute Gasteiger partial charge is 0.323 e. The average Bonchev–Trinajstić information content (AvgIpc) is 3.69. The highest BCUT2D eigenvalue weighted by atomic mass is 32.1. The molecular formula is C33H43N3O5S. The third-order valence-corrected chi connectivity index (χ3v) is 9.41. The molecule has 2 aliphatic carbocycles. The molecule has 0 bridgehead atoms. The van der Waals surface area contributed by atoms with E-state index in [9.17, 15) is 9.59 Å². The zero-order valence-corrected chi connectivity index (χ0v) is 25.1. The van der Waals surface area contributed by atoms with Gasteiger partial charge in [0.1, 0.15) is 17.9 Å². The van der Waals surface area contributed by atoms with Crippen molar-refractivity contribution in [2.24, 2.45) is 0 Å². The van der Waals surface area contributed by atoms with Crippen LogP contribution in [0.25, 0.3) is 10.1 Å². The number of ether oxygens (including phenoxy) is 2. The lowest BCUT2D eigenvalue weighted by Gasteiger charge is -2.28. The second kappa shape index (κ2) is 15.5. The van der Waals surface area contributed by atoms with Crippen LogP contribution < -0.4 is 20.9 Å². The third-order valence-electron chi connectivity index (χ3n) is 8.31. The van der Waals surface area contributed by atoms with Gasteiger partial charge in [-0.2, -0.15) is 0 Å². The van der Waals surface area contributed by atoms with E-state index in [0.29, 0.717) is 24.1 Å². The maximum Gasteiger partial charge on any atom is 0.323 e. The molecule has 1 heterocycles. The number of esters is 1.